The molecule has 2 aliphatic heterocycles. The molecule has 0 radical (unpaired) electrons. The van der Waals surface area contributed by atoms with Gasteiger partial charge in [0, 0.05) is 48.5 Å². The summed E-state index contributed by atoms with van der Waals surface area (Å²) < 4.78 is 0. The molecular formula is C26H29N9. The van der Waals surface area contributed by atoms with Crippen LogP contribution in [0.5, 0.6) is 0 Å². The molecule has 35 heavy (non-hydrogen) atoms. The van der Waals surface area contributed by atoms with Gasteiger partial charge in [-0.1, -0.05) is 0 Å². The fourth-order valence-corrected chi connectivity index (χ4v) is 4.95. The summed E-state index contributed by atoms with van der Waals surface area (Å²) in [5.41, 5.74) is 8.05. The summed E-state index contributed by atoms with van der Waals surface area (Å²) in [7, 11) is 4.10. The molecule has 9 nitrogen and oxygen atoms in total. The number of hydrogen-bond donors (Lipinski definition) is 2. The van der Waals surface area contributed by atoms with Gasteiger partial charge in [-0.3, -0.25) is 25.0 Å². The standard InChI is InChI=1S/C26H29N9/c1-34(2)16-17-8-18(11-27-10-17)21-9-19-23(14-29-21)32-33-25(19)26-30-12-20-22(31-26)13-28-15-24(20)35-6-4-3-5-7-35/h8-11,13-15H,3-7,12,16H2,1-2H3,(H,30,31)(H,32,33). The van der Waals surface area contributed by atoms with E-state index in [9.17, 15) is 0 Å². The summed E-state index contributed by atoms with van der Waals surface area (Å²) in [5, 5.41) is 12.2. The number of pyridine rings is 3. The van der Waals surface area contributed by atoms with E-state index in [1.54, 1.807) is 0 Å². The van der Waals surface area contributed by atoms with Crippen LogP contribution in [-0.4, -0.2) is 63.1 Å². The summed E-state index contributed by atoms with van der Waals surface area (Å²) in [4.78, 5) is 23.1. The molecular weight excluding hydrogens is 438 g/mol. The zero-order valence-corrected chi connectivity index (χ0v) is 20.1. The molecule has 2 aliphatic rings. The third kappa shape index (κ3) is 4.23. The van der Waals surface area contributed by atoms with Crippen molar-refractivity contribution in [2.75, 3.05) is 37.4 Å². The van der Waals surface area contributed by atoms with Gasteiger partial charge in [0.25, 0.3) is 0 Å². The normalized spacial score (nSPS) is 15.7. The van der Waals surface area contributed by atoms with Gasteiger partial charge in [0.1, 0.15) is 5.69 Å². The zero-order chi connectivity index (χ0) is 23.8. The first-order valence-corrected chi connectivity index (χ1v) is 12.1. The topological polar surface area (TPSA) is 98.2 Å². The van der Waals surface area contributed by atoms with E-state index in [0.29, 0.717) is 6.54 Å². The van der Waals surface area contributed by atoms with Gasteiger partial charge in [-0.15, -0.1) is 0 Å². The van der Waals surface area contributed by atoms with Crippen LogP contribution in [0.3, 0.4) is 0 Å². The van der Waals surface area contributed by atoms with Gasteiger partial charge in [0.05, 0.1) is 47.7 Å². The molecule has 0 bridgehead atoms. The number of aliphatic imine (C=N–C) groups is 1. The maximum Gasteiger partial charge on any atom is 0.154 e. The van der Waals surface area contributed by atoms with Crippen LogP contribution in [0.1, 0.15) is 36.1 Å². The van der Waals surface area contributed by atoms with Gasteiger partial charge in [-0.05, 0) is 51.1 Å². The fraction of sp³-hybridized carbons (Fsp3) is 0.346. The third-order valence-corrected chi connectivity index (χ3v) is 6.64. The number of nitrogens with zero attached hydrogens (tertiary/aromatic N) is 7. The quantitative estimate of drug-likeness (QED) is 0.460. The lowest BCUT2D eigenvalue weighted by atomic mass is 10.1. The van der Waals surface area contributed by atoms with E-state index in [1.165, 1.54) is 30.5 Å². The summed E-state index contributed by atoms with van der Waals surface area (Å²) in [6, 6.07) is 4.20. The highest BCUT2D eigenvalue weighted by Crippen LogP contribution is 2.33. The van der Waals surface area contributed by atoms with Gasteiger partial charge >= 0.3 is 0 Å². The summed E-state index contributed by atoms with van der Waals surface area (Å²) >= 11 is 0. The maximum atomic E-state index is 4.90. The minimum Gasteiger partial charge on any atom is -0.370 e. The summed E-state index contributed by atoms with van der Waals surface area (Å²) in [6.07, 6.45) is 13.2. The predicted molar refractivity (Wildman–Crippen MR) is 139 cm³/mol. The molecule has 0 saturated carbocycles. The lowest BCUT2D eigenvalue weighted by Gasteiger charge is -2.31. The Hall–Kier alpha value is -3.85. The molecule has 0 spiro atoms. The number of fused-ring (bicyclic) bond motifs is 2. The van der Waals surface area contributed by atoms with Crippen molar-refractivity contribution in [3.63, 3.8) is 0 Å². The molecule has 0 aromatic carbocycles. The van der Waals surface area contributed by atoms with Crippen molar-refractivity contribution < 1.29 is 0 Å². The van der Waals surface area contributed by atoms with E-state index in [4.69, 9.17) is 4.99 Å². The second kappa shape index (κ2) is 9.07. The van der Waals surface area contributed by atoms with Crippen LogP contribution in [0.15, 0.2) is 48.1 Å². The minimum absolute atomic E-state index is 0.606. The number of rotatable bonds is 5. The Kier molecular flexibility index (Phi) is 5.61. The summed E-state index contributed by atoms with van der Waals surface area (Å²) in [6.45, 7) is 3.60. The minimum atomic E-state index is 0.606. The summed E-state index contributed by atoms with van der Waals surface area (Å²) in [5.74, 6) is 0.748. The van der Waals surface area contributed by atoms with Gasteiger partial charge in [0.15, 0.2) is 5.84 Å². The molecule has 0 unspecified atom stereocenters. The molecule has 1 fully saturated rings. The van der Waals surface area contributed by atoms with Crippen molar-refractivity contribution in [1.29, 1.82) is 0 Å². The number of amidine groups is 1. The maximum absolute atomic E-state index is 4.90. The molecule has 2 N–H and O–H groups in total. The van der Waals surface area contributed by atoms with Crippen molar-refractivity contribution in [2.45, 2.75) is 32.4 Å². The predicted octanol–water partition coefficient (Wildman–Crippen LogP) is 3.84. The van der Waals surface area contributed by atoms with Crippen LogP contribution in [0.25, 0.3) is 22.2 Å². The van der Waals surface area contributed by atoms with E-state index >= 15 is 0 Å². The van der Waals surface area contributed by atoms with Crippen LogP contribution in [0.2, 0.25) is 0 Å². The number of H-pyrrole nitrogens is 1. The smallest absolute Gasteiger partial charge is 0.154 e. The highest BCUT2D eigenvalue weighted by Gasteiger charge is 2.23. The van der Waals surface area contributed by atoms with Crippen LogP contribution in [0, 0.1) is 0 Å². The number of hydrogen-bond acceptors (Lipinski definition) is 8. The third-order valence-electron chi connectivity index (χ3n) is 6.64. The Bertz CT molecular complexity index is 1400. The molecule has 9 heteroatoms. The molecule has 1 saturated heterocycles. The molecule has 0 aliphatic carbocycles. The second-order valence-corrected chi connectivity index (χ2v) is 9.53. The molecule has 4 aromatic heterocycles. The second-order valence-electron chi connectivity index (χ2n) is 9.53. The van der Waals surface area contributed by atoms with E-state index < -0.39 is 0 Å². The first-order chi connectivity index (χ1) is 17.2. The Labute approximate surface area is 204 Å². The van der Waals surface area contributed by atoms with Crippen molar-refractivity contribution in [3.8, 4) is 11.3 Å². The Morgan fingerprint density at radius 2 is 1.83 bits per heavy atom. The Morgan fingerprint density at radius 1 is 0.971 bits per heavy atom. The zero-order valence-electron chi connectivity index (χ0n) is 20.1. The first kappa shape index (κ1) is 21.7. The average molecular weight is 468 g/mol. The number of anilines is 2. The van der Waals surface area contributed by atoms with Crippen LogP contribution < -0.4 is 10.2 Å². The van der Waals surface area contributed by atoms with Crippen molar-refractivity contribution in [2.24, 2.45) is 4.99 Å². The molecule has 6 heterocycles. The van der Waals surface area contributed by atoms with Crippen LogP contribution in [-0.2, 0) is 13.1 Å². The van der Waals surface area contributed by atoms with E-state index in [0.717, 1.165) is 64.6 Å². The number of aromatic nitrogens is 5. The molecule has 0 atom stereocenters. The molecule has 4 aromatic rings. The monoisotopic (exact) mass is 467 g/mol. The Balaban J connectivity index is 1.32. The van der Waals surface area contributed by atoms with Gasteiger partial charge < -0.3 is 15.1 Å². The van der Waals surface area contributed by atoms with Crippen molar-refractivity contribution >= 4 is 28.1 Å². The van der Waals surface area contributed by atoms with Gasteiger partial charge in [-0.25, -0.2) is 0 Å². The number of nitrogens with one attached hydrogen (secondary N) is 2. The average Bonchev–Trinajstić information content (AvgIpc) is 3.32. The molecule has 6 rings (SSSR count). The van der Waals surface area contributed by atoms with Crippen molar-refractivity contribution in [1.82, 2.24) is 30.0 Å². The SMILES string of the molecule is CN(C)Cc1cncc(-c2cc3c(C4=NCc5c(cncc5N5CCCCC5)N4)n[nH]c3cn2)c1. The van der Waals surface area contributed by atoms with Gasteiger partial charge in [-0.2, -0.15) is 5.10 Å². The Morgan fingerprint density at radius 3 is 2.69 bits per heavy atom. The first-order valence-electron chi connectivity index (χ1n) is 12.1. The lowest BCUT2D eigenvalue weighted by Crippen LogP contribution is -2.31. The van der Waals surface area contributed by atoms with E-state index in [-0.39, 0.29) is 0 Å². The van der Waals surface area contributed by atoms with Crippen LogP contribution in [0.4, 0.5) is 11.4 Å². The lowest BCUT2D eigenvalue weighted by molar-refractivity contribution is 0.402. The number of piperidine rings is 1. The van der Waals surface area contributed by atoms with E-state index in [2.05, 4.69) is 66.5 Å². The fourth-order valence-electron chi connectivity index (χ4n) is 4.95. The van der Waals surface area contributed by atoms with E-state index in [1.807, 2.05) is 31.0 Å². The largest absolute Gasteiger partial charge is 0.370 e. The highest BCUT2D eigenvalue weighted by molar-refractivity contribution is 6.15. The van der Waals surface area contributed by atoms with Gasteiger partial charge in [0.2, 0.25) is 0 Å². The number of aromatic amines is 1. The highest BCUT2D eigenvalue weighted by atomic mass is 15.2. The molecule has 178 valence electrons. The van der Waals surface area contributed by atoms with Crippen LogP contribution >= 0.6 is 0 Å². The molecule has 0 amide bonds. The van der Waals surface area contributed by atoms with Crippen molar-refractivity contribution in [3.05, 3.63) is 59.9 Å².